The standard InChI is InChI=1S/C9H8FIO3S/c10-9-6(4-5-8(12)13)2-1-3-7(9)14-15-11/h1-3H,4-5H2,(H,12,13). The zero-order valence-corrected chi connectivity index (χ0v) is 10.5. The van der Waals surface area contributed by atoms with Crippen LogP contribution >= 0.6 is 30.4 Å². The third-order valence-corrected chi connectivity index (χ3v) is 2.55. The number of halogens is 2. The SMILES string of the molecule is O=C(O)CCc1cccc(OSI)c1F. The average molecular weight is 342 g/mol. The first kappa shape index (κ1) is 12.6. The molecule has 0 unspecified atom stereocenters. The molecule has 0 saturated carbocycles. The topological polar surface area (TPSA) is 46.5 Å². The van der Waals surface area contributed by atoms with E-state index in [0.29, 0.717) is 5.56 Å². The fraction of sp³-hybridized carbons (Fsp3) is 0.222. The molecule has 0 radical (unpaired) electrons. The van der Waals surface area contributed by atoms with Gasteiger partial charge in [-0.2, -0.15) is 0 Å². The fourth-order valence-electron chi connectivity index (χ4n) is 1.09. The summed E-state index contributed by atoms with van der Waals surface area (Å²) in [5, 5.41) is 8.48. The Morgan fingerprint density at radius 1 is 1.60 bits per heavy atom. The molecule has 82 valence electrons. The highest BCUT2D eigenvalue weighted by molar-refractivity contribution is 14.2. The summed E-state index contributed by atoms with van der Waals surface area (Å²) in [6.45, 7) is 0. The van der Waals surface area contributed by atoms with Gasteiger partial charge in [0, 0.05) is 27.6 Å². The second-order valence-electron chi connectivity index (χ2n) is 2.77. The minimum atomic E-state index is -0.941. The van der Waals surface area contributed by atoms with Crippen LogP contribution in [0.1, 0.15) is 12.0 Å². The van der Waals surface area contributed by atoms with Gasteiger partial charge >= 0.3 is 5.97 Å². The van der Waals surface area contributed by atoms with Crippen LogP contribution in [0.25, 0.3) is 0 Å². The first-order valence-corrected chi connectivity index (χ1v) is 7.38. The summed E-state index contributed by atoms with van der Waals surface area (Å²) < 4.78 is 18.5. The second kappa shape index (κ2) is 6.16. The lowest BCUT2D eigenvalue weighted by Crippen LogP contribution is -2.00. The van der Waals surface area contributed by atoms with Crippen LogP contribution < -0.4 is 4.18 Å². The van der Waals surface area contributed by atoms with Crippen LogP contribution in [0.4, 0.5) is 4.39 Å². The van der Waals surface area contributed by atoms with Crippen molar-refractivity contribution in [3.8, 4) is 5.75 Å². The van der Waals surface area contributed by atoms with Crippen LogP contribution in [-0.4, -0.2) is 11.1 Å². The lowest BCUT2D eigenvalue weighted by atomic mass is 10.1. The minimum Gasteiger partial charge on any atom is -0.481 e. The van der Waals surface area contributed by atoms with E-state index in [-0.39, 0.29) is 18.6 Å². The summed E-state index contributed by atoms with van der Waals surface area (Å²) in [5.41, 5.74) is 0.361. The van der Waals surface area contributed by atoms with Crippen molar-refractivity contribution in [1.29, 1.82) is 0 Å². The smallest absolute Gasteiger partial charge is 0.303 e. The van der Waals surface area contributed by atoms with Crippen molar-refractivity contribution in [2.24, 2.45) is 0 Å². The number of hydrogen-bond donors (Lipinski definition) is 1. The second-order valence-corrected chi connectivity index (χ2v) is 4.14. The Bertz CT molecular complexity index is 359. The van der Waals surface area contributed by atoms with E-state index in [1.807, 2.05) is 21.2 Å². The summed E-state index contributed by atoms with van der Waals surface area (Å²) in [6.07, 6.45) is 0.0853. The molecule has 6 heteroatoms. The maximum atomic E-state index is 13.6. The number of rotatable bonds is 5. The van der Waals surface area contributed by atoms with Crippen LogP contribution in [0.3, 0.4) is 0 Å². The van der Waals surface area contributed by atoms with Crippen molar-refractivity contribution < 1.29 is 18.5 Å². The maximum Gasteiger partial charge on any atom is 0.303 e. The Hall–Kier alpha value is -0.500. The molecule has 1 rings (SSSR count). The highest BCUT2D eigenvalue weighted by Crippen LogP contribution is 2.26. The van der Waals surface area contributed by atoms with E-state index >= 15 is 0 Å². The molecule has 3 nitrogen and oxygen atoms in total. The number of aryl methyl sites for hydroxylation is 1. The Morgan fingerprint density at radius 3 is 2.93 bits per heavy atom. The molecule has 0 aliphatic heterocycles. The quantitative estimate of drug-likeness (QED) is 0.659. The van der Waals surface area contributed by atoms with Gasteiger partial charge in [0.15, 0.2) is 11.6 Å². The Labute approximate surface area is 103 Å². The Morgan fingerprint density at radius 2 is 2.33 bits per heavy atom. The van der Waals surface area contributed by atoms with E-state index in [1.54, 1.807) is 12.1 Å². The number of carbonyl (C=O) groups is 1. The molecule has 15 heavy (non-hydrogen) atoms. The van der Waals surface area contributed by atoms with Gasteiger partial charge in [-0.3, -0.25) is 4.79 Å². The molecule has 0 aliphatic rings. The molecule has 0 atom stereocenters. The molecule has 0 heterocycles. The minimum absolute atomic E-state index is 0.0856. The number of aliphatic carboxylic acids is 1. The number of carboxylic acids is 1. The van der Waals surface area contributed by atoms with Crippen molar-refractivity contribution in [3.05, 3.63) is 29.6 Å². The number of hydrogen-bond acceptors (Lipinski definition) is 3. The van der Waals surface area contributed by atoms with Crippen LogP contribution in [0, 0.1) is 5.82 Å². The van der Waals surface area contributed by atoms with Gasteiger partial charge in [0.2, 0.25) is 0 Å². The molecule has 0 aliphatic carbocycles. The van der Waals surface area contributed by atoms with E-state index in [2.05, 4.69) is 0 Å². The zero-order chi connectivity index (χ0) is 11.3. The molecule has 0 amide bonds. The molecule has 0 aromatic heterocycles. The predicted octanol–water partition coefficient (Wildman–Crippen LogP) is 3.22. The van der Waals surface area contributed by atoms with Gasteiger partial charge in [-0.25, -0.2) is 4.39 Å². The van der Waals surface area contributed by atoms with Gasteiger partial charge in [-0.1, -0.05) is 12.1 Å². The first-order valence-electron chi connectivity index (χ1n) is 4.09. The lowest BCUT2D eigenvalue weighted by molar-refractivity contribution is -0.136. The van der Waals surface area contributed by atoms with Crippen molar-refractivity contribution in [3.63, 3.8) is 0 Å². The summed E-state index contributed by atoms with van der Waals surface area (Å²) in [5.74, 6) is -1.29. The average Bonchev–Trinajstić information content (AvgIpc) is 2.19. The summed E-state index contributed by atoms with van der Waals surface area (Å²) >= 11 is 1.88. The monoisotopic (exact) mass is 342 g/mol. The predicted molar refractivity (Wildman–Crippen MR) is 64.6 cm³/mol. The number of carboxylic acid groups (broad SMARTS) is 1. The normalized spacial score (nSPS) is 10.0. The fourth-order valence-corrected chi connectivity index (χ4v) is 1.87. The van der Waals surface area contributed by atoms with E-state index in [4.69, 9.17) is 9.29 Å². The molecule has 0 bridgehead atoms. The zero-order valence-electron chi connectivity index (χ0n) is 7.57. The summed E-state index contributed by atoms with van der Waals surface area (Å²) in [6, 6.07) is 4.71. The molecular weight excluding hydrogens is 334 g/mol. The molecule has 1 N–H and O–H groups in total. The summed E-state index contributed by atoms with van der Waals surface area (Å²) in [7, 11) is 1.02. The lowest BCUT2D eigenvalue weighted by Gasteiger charge is -2.05. The van der Waals surface area contributed by atoms with Crippen LogP contribution in [-0.2, 0) is 11.2 Å². The van der Waals surface area contributed by atoms with Crippen molar-refractivity contribution in [2.45, 2.75) is 12.8 Å². The first-order chi connectivity index (χ1) is 7.15. The van der Waals surface area contributed by atoms with Crippen LogP contribution in [0.2, 0.25) is 0 Å². The van der Waals surface area contributed by atoms with Gasteiger partial charge in [0.05, 0.1) is 0 Å². The highest BCUT2D eigenvalue weighted by atomic mass is 127. The molecule has 0 saturated heterocycles. The Kier molecular flexibility index (Phi) is 5.16. The largest absolute Gasteiger partial charge is 0.481 e. The summed E-state index contributed by atoms with van der Waals surface area (Å²) in [4.78, 5) is 10.3. The van der Waals surface area contributed by atoms with Crippen molar-refractivity contribution >= 4 is 36.4 Å². The van der Waals surface area contributed by atoms with E-state index in [0.717, 1.165) is 9.21 Å². The highest BCUT2D eigenvalue weighted by Gasteiger charge is 2.10. The van der Waals surface area contributed by atoms with Crippen LogP contribution in [0.5, 0.6) is 5.75 Å². The van der Waals surface area contributed by atoms with E-state index in [9.17, 15) is 9.18 Å². The van der Waals surface area contributed by atoms with Gasteiger partial charge in [0.1, 0.15) is 9.21 Å². The molecule has 1 aromatic rings. The van der Waals surface area contributed by atoms with E-state index < -0.39 is 11.8 Å². The molecular formula is C9H8FIO3S. The molecule has 0 fully saturated rings. The van der Waals surface area contributed by atoms with Gasteiger partial charge in [0.25, 0.3) is 0 Å². The number of benzene rings is 1. The Balaban J connectivity index is 2.79. The van der Waals surface area contributed by atoms with Crippen LogP contribution in [0.15, 0.2) is 18.2 Å². The maximum absolute atomic E-state index is 13.6. The third-order valence-electron chi connectivity index (χ3n) is 1.77. The van der Waals surface area contributed by atoms with Gasteiger partial charge < -0.3 is 9.29 Å². The molecule has 1 aromatic carbocycles. The molecule has 0 spiro atoms. The van der Waals surface area contributed by atoms with Crippen molar-refractivity contribution in [2.75, 3.05) is 0 Å². The van der Waals surface area contributed by atoms with E-state index in [1.165, 1.54) is 6.07 Å². The third kappa shape index (κ3) is 3.86. The van der Waals surface area contributed by atoms with Crippen molar-refractivity contribution in [1.82, 2.24) is 0 Å². The van der Waals surface area contributed by atoms with Gasteiger partial charge in [-0.05, 0) is 18.1 Å². The van der Waals surface area contributed by atoms with Gasteiger partial charge in [-0.15, -0.1) is 0 Å².